The van der Waals surface area contributed by atoms with Crippen LogP contribution in [0, 0.1) is 13.8 Å². The Bertz CT molecular complexity index is 734. The number of rotatable bonds is 3. The van der Waals surface area contributed by atoms with E-state index in [9.17, 15) is 8.42 Å². The topological polar surface area (TPSA) is 60.2 Å². The minimum Gasteiger partial charge on any atom is -0.398 e. The Morgan fingerprint density at radius 3 is 2.25 bits per heavy atom. The van der Waals surface area contributed by atoms with Crippen molar-refractivity contribution in [1.82, 2.24) is 0 Å². The SMILES string of the molecule is Cc1cccc(C)c1CS(=O)(=O)c1ccc(Br)cc1N. The van der Waals surface area contributed by atoms with Gasteiger partial charge in [-0.2, -0.15) is 0 Å². The number of halogens is 1. The van der Waals surface area contributed by atoms with Crippen LogP contribution < -0.4 is 5.73 Å². The summed E-state index contributed by atoms with van der Waals surface area (Å²) in [6.07, 6.45) is 0. The summed E-state index contributed by atoms with van der Waals surface area (Å²) in [5, 5.41) is 0. The van der Waals surface area contributed by atoms with Crippen LogP contribution in [-0.2, 0) is 15.6 Å². The summed E-state index contributed by atoms with van der Waals surface area (Å²) in [5.74, 6) is -0.0304. The molecule has 2 rings (SSSR count). The molecule has 2 aromatic rings. The van der Waals surface area contributed by atoms with E-state index in [1.54, 1.807) is 18.2 Å². The van der Waals surface area contributed by atoms with E-state index >= 15 is 0 Å². The largest absolute Gasteiger partial charge is 0.398 e. The molecule has 0 saturated heterocycles. The minimum absolute atomic E-state index is 0.0304. The lowest BCUT2D eigenvalue weighted by Crippen LogP contribution is -2.10. The average Bonchev–Trinajstić information content (AvgIpc) is 2.33. The third-order valence-corrected chi connectivity index (χ3v) is 5.49. The molecule has 0 amide bonds. The van der Waals surface area contributed by atoms with Gasteiger partial charge in [0.1, 0.15) is 0 Å². The van der Waals surface area contributed by atoms with Gasteiger partial charge in [0.05, 0.1) is 16.3 Å². The molecule has 2 aromatic carbocycles. The van der Waals surface area contributed by atoms with E-state index < -0.39 is 9.84 Å². The zero-order valence-electron chi connectivity index (χ0n) is 11.4. The molecule has 0 bridgehead atoms. The molecular weight excluding hydrogens is 338 g/mol. The zero-order chi connectivity index (χ0) is 14.9. The first-order valence-corrected chi connectivity index (χ1v) is 8.58. The Hall–Kier alpha value is -1.33. The van der Waals surface area contributed by atoms with Crippen molar-refractivity contribution >= 4 is 31.5 Å². The molecule has 5 heteroatoms. The van der Waals surface area contributed by atoms with Gasteiger partial charge in [0.25, 0.3) is 0 Å². The number of sulfone groups is 1. The molecule has 3 nitrogen and oxygen atoms in total. The molecule has 0 unspecified atom stereocenters. The van der Waals surface area contributed by atoms with Gasteiger partial charge < -0.3 is 5.73 Å². The number of benzene rings is 2. The summed E-state index contributed by atoms with van der Waals surface area (Å²) in [7, 11) is -3.45. The predicted octanol–water partition coefficient (Wildman–Crippen LogP) is 3.62. The highest BCUT2D eigenvalue weighted by atomic mass is 79.9. The first kappa shape index (κ1) is 15.1. The average molecular weight is 354 g/mol. The molecule has 2 N–H and O–H groups in total. The van der Waals surface area contributed by atoms with Crippen LogP contribution in [0.2, 0.25) is 0 Å². The van der Waals surface area contributed by atoms with Gasteiger partial charge in [-0.1, -0.05) is 34.1 Å². The maximum atomic E-state index is 12.5. The van der Waals surface area contributed by atoms with E-state index in [2.05, 4.69) is 15.9 Å². The Morgan fingerprint density at radius 1 is 1.10 bits per heavy atom. The van der Waals surface area contributed by atoms with Crippen molar-refractivity contribution in [2.24, 2.45) is 0 Å². The fourth-order valence-electron chi connectivity index (χ4n) is 2.15. The van der Waals surface area contributed by atoms with Gasteiger partial charge in [-0.05, 0) is 48.7 Å². The predicted molar refractivity (Wildman–Crippen MR) is 85.4 cm³/mol. The Balaban J connectivity index is 2.46. The molecule has 106 valence electrons. The number of nitrogens with two attached hydrogens (primary N) is 1. The second kappa shape index (κ2) is 5.58. The second-order valence-electron chi connectivity index (χ2n) is 4.81. The van der Waals surface area contributed by atoms with Crippen LogP contribution >= 0.6 is 15.9 Å². The van der Waals surface area contributed by atoms with Crippen molar-refractivity contribution in [2.75, 3.05) is 5.73 Å². The van der Waals surface area contributed by atoms with Crippen molar-refractivity contribution < 1.29 is 8.42 Å². The number of hydrogen-bond acceptors (Lipinski definition) is 3. The van der Waals surface area contributed by atoms with Crippen molar-refractivity contribution in [3.05, 3.63) is 57.6 Å². The summed E-state index contributed by atoms with van der Waals surface area (Å²) in [6.45, 7) is 3.84. The summed E-state index contributed by atoms with van der Waals surface area (Å²) in [6, 6.07) is 10.6. The molecule has 0 aliphatic heterocycles. The van der Waals surface area contributed by atoms with E-state index in [1.807, 2.05) is 32.0 Å². The minimum atomic E-state index is -3.45. The first-order chi connectivity index (χ1) is 9.31. The zero-order valence-corrected chi connectivity index (χ0v) is 13.8. The van der Waals surface area contributed by atoms with Crippen molar-refractivity contribution in [2.45, 2.75) is 24.5 Å². The molecule has 0 aliphatic carbocycles. The lowest BCUT2D eigenvalue weighted by Gasteiger charge is -2.12. The third-order valence-electron chi connectivity index (χ3n) is 3.29. The molecule has 0 saturated carbocycles. The van der Waals surface area contributed by atoms with Crippen LogP contribution in [0.25, 0.3) is 0 Å². The van der Waals surface area contributed by atoms with Gasteiger partial charge in [-0.15, -0.1) is 0 Å². The monoisotopic (exact) mass is 353 g/mol. The lowest BCUT2D eigenvalue weighted by atomic mass is 10.1. The number of nitrogen functional groups attached to an aromatic ring is 1. The molecular formula is C15H16BrNO2S. The smallest absolute Gasteiger partial charge is 0.184 e. The molecule has 0 spiro atoms. The molecule has 0 fully saturated rings. The van der Waals surface area contributed by atoms with Crippen LogP contribution in [0.4, 0.5) is 5.69 Å². The van der Waals surface area contributed by atoms with E-state index in [-0.39, 0.29) is 16.3 Å². The highest BCUT2D eigenvalue weighted by Gasteiger charge is 2.20. The van der Waals surface area contributed by atoms with E-state index in [0.717, 1.165) is 21.2 Å². The quantitative estimate of drug-likeness (QED) is 0.857. The second-order valence-corrected chi connectivity index (χ2v) is 7.69. The Labute approximate surface area is 127 Å². The molecule has 0 heterocycles. The van der Waals surface area contributed by atoms with Gasteiger partial charge in [-0.25, -0.2) is 8.42 Å². The number of hydrogen-bond donors (Lipinski definition) is 1. The van der Waals surface area contributed by atoms with Gasteiger partial charge in [0.15, 0.2) is 9.84 Å². The van der Waals surface area contributed by atoms with Crippen LogP contribution in [0.15, 0.2) is 45.8 Å². The first-order valence-electron chi connectivity index (χ1n) is 6.14. The van der Waals surface area contributed by atoms with Crippen molar-refractivity contribution in [3.63, 3.8) is 0 Å². The van der Waals surface area contributed by atoms with Crippen molar-refractivity contribution in [1.29, 1.82) is 0 Å². The summed E-state index contributed by atoms with van der Waals surface area (Å²) < 4.78 is 25.9. The molecule has 0 radical (unpaired) electrons. The fourth-order valence-corrected chi connectivity index (χ4v) is 4.21. The Kier molecular flexibility index (Phi) is 4.20. The van der Waals surface area contributed by atoms with Gasteiger partial charge >= 0.3 is 0 Å². The maximum Gasteiger partial charge on any atom is 0.184 e. The normalized spacial score (nSPS) is 11.6. The standard InChI is InChI=1S/C15H16BrNO2S/c1-10-4-3-5-11(2)13(10)9-20(18,19)15-7-6-12(16)8-14(15)17/h3-8H,9,17H2,1-2H3. The van der Waals surface area contributed by atoms with Gasteiger partial charge in [0, 0.05) is 4.47 Å². The van der Waals surface area contributed by atoms with Crippen molar-refractivity contribution in [3.8, 4) is 0 Å². The van der Waals surface area contributed by atoms with Crippen LogP contribution in [0.1, 0.15) is 16.7 Å². The summed E-state index contributed by atoms with van der Waals surface area (Å²) in [5.41, 5.74) is 8.89. The van der Waals surface area contributed by atoms with E-state index in [4.69, 9.17) is 5.73 Å². The molecule has 0 aliphatic rings. The van der Waals surface area contributed by atoms with E-state index in [0.29, 0.717) is 0 Å². The van der Waals surface area contributed by atoms with Crippen LogP contribution in [0.5, 0.6) is 0 Å². The lowest BCUT2D eigenvalue weighted by molar-refractivity contribution is 0.595. The maximum absolute atomic E-state index is 12.5. The number of anilines is 1. The van der Waals surface area contributed by atoms with Gasteiger partial charge in [-0.3, -0.25) is 0 Å². The fraction of sp³-hybridized carbons (Fsp3) is 0.200. The summed E-state index contributed by atoms with van der Waals surface area (Å²) in [4.78, 5) is 0.184. The third kappa shape index (κ3) is 3.04. The molecule has 0 atom stereocenters. The van der Waals surface area contributed by atoms with E-state index in [1.165, 1.54) is 0 Å². The van der Waals surface area contributed by atoms with Crippen LogP contribution in [0.3, 0.4) is 0 Å². The number of aryl methyl sites for hydroxylation is 2. The van der Waals surface area contributed by atoms with Crippen LogP contribution in [-0.4, -0.2) is 8.42 Å². The molecule has 0 aromatic heterocycles. The highest BCUT2D eigenvalue weighted by Crippen LogP contribution is 2.27. The highest BCUT2D eigenvalue weighted by molar-refractivity contribution is 9.10. The Morgan fingerprint density at radius 2 is 1.70 bits per heavy atom. The molecule has 20 heavy (non-hydrogen) atoms. The summed E-state index contributed by atoms with van der Waals surface area (Å²) >= 11 is 3.28. The van der Waals surface area contributed by atoms with Gasteiger partial charge in [0.2, 0.25) is 0 Å².